The fourth-order valence-electron chi connectivity index (χ4n) is 2.15. The topological polar surface area (TPSA) is 83.5 Å². The quantitative estimate of drug-likeness (QED) is 0.681. The molecule has 0 aliphatic carbocycles. The molecule has 3 aromatic rings. The molecule has 0 radical (unpaired) electrons. The molecule has 0 fully saturated rings. The van der Waals surface area contributed by atoms with Crippen molar-refractivity contribution in [2.45, 2.75) is 13.8 Å². The van der Waals surface area contributed by atoms with Gasteiger partial charge in [-0.15, -0.1) is 0 Å². The van der Waals surface area contributed by atoms with Gasteiger partial charge in [0.25, 0.3) is 5.56 Å². The Balaban J connectivity index is 2.45. The van der Waals surface area contributed by atoms with Crippen LogP contribution in [0, 0.1) is 13.8 Å². The van der Waals surface area contributed by atoms with Crippen LogP contribution in [0.25, 0.3) is 16.9 Å². The van der Waals surface area contributed by atoms with Gasteiger partial charge in [-0.1, -0.05) is 12.1 Å². The van der Waals surface area contributed by atoms with E-state index in [1.54, 1.807) is 13.0 Å². The minimum absolute atomic E-state index is 0.237. The molecule has 0 aliphatic rings. The highest BCUT2D eigenvalue weighted by atomic mass is 16.2. The summed E-state index contributed by atoms with van der Waals surface area (Å²) in [5.74, 6) is 0.468. The standard InChI is InChI=1S/C13H12N4O2/c1-7-4-3-5-9(6-7)17-10-11(16-13(17)19)14-8(2)15-12(10)18/h3-6H,1-2H3,(H2,14,15,16,18,19). The number of rotatable bonds is 1. The van der Waals surface area contributed by atoms with Gasteiger partial charge in [0.05, 0.1) is 5.69 Å². The van der Waals surface area contributed by atoms with Crippen LogP contribution < -0.4 is 11.2 Å². The minimum Gasteiger partial charge on any atom is -0.309 e. The molecule has 0 bridgehead atoms. The Morgan fingerprint density at radius 1 is 1.16 bits per heavy atom. The summed E-state index contributed by atoms with van der Waals surface area (Å²) >= 11 is 0. The molecule has 3 rings (SSSR count). The average molecular weight is 256 g/mol. The number of fused-ring (bicyclic) bond motifs is 1. The number of aromatic nitrogens is 4. The van der Waals surface area contributed by atoms with E-state index >= 15 is 0 Å². The van der Waals surface area contributed by atoms with E-state index in [4.69, 9.17) is 0 Å². The molecule has 2 heterocycles. The smallest absolute Gasteiger partial charge is 0.309 e. The molecule has 19 heavy (non-hydrogen) atoms. The van der Waals surface area contributed by atoms with Gasteiger partial charge in [0.15, 0.2) is 11.2 Å². The summed E-state index contributed by atoms with van der Waals surface area (Å²) in [7, 11) is 0. The van der Waals surface area contributed by atoms with Crippen molar-refractivity contribution in [2.24, 2.45) is 0 Å². The number of aryl methyl sites for hydroxylation is 2. The maximum atomic E-state index is 12.0. The van der Waals surface area contributed by atoms with Gasteiger partial charge in [-0.05, 0) is 31.5 Å². The lowest BCUT2D eigenvalue weighted by molar-refractivity contribution is 1.000. The van der Waals surface area contributed by atoms with Crippen LogP contribution in [0.3, 0.4) is 0 Å². The van der Waals surface area contributed by atoms with Crippen molar-refractivity contribution in [2.75, 3.05) is 0 Å². The molecule has 2 aromatic heterocycles. The van der Waals surface area contributed by atoms with Gasteiger partial charge in [0.2, 0.25) is 0 Å². The third-order valence-electron chi connectivity index (χ3n) is 2.93. The number of benzene rings is 1. The molecule has 2 N–H and O–H groups in total. The Hall–Kier alpha value is -2.63. The lowest BCUT2D eigenvalue weighted by Gasteiger charge is -2.03. The number of hydrogen-bond acceptors (Lipinski definition) is 3. The SMILES string of the molecule is Cc1cccc(-n2c(=O)[nH]c3nc(C)[nH]c(=O)c32)c1. The summed E-state index contributed by atoms with van der Waals surface area (Å²) in [6.07, 6.45) is 0. The number of imidazole rings is 1. The number of nitrogens with one attached hydrogen (secondary N) is 2. The Bertz CT molecular complexity index is 886. The molecule has 96 valence electrons. The van der Waals surface area contributed by atoms with E-state index < -0.39 is 0 Å². The highest BCUT2D eigenvalue weighted by molar-refractivity contribution is 5.72. The normalized spacial score (nSPS) is 11.1. The summed E-state index contributed by atoms with van der Waals surface area (Å²) in [5, 5.41) is 0. The first-order valence-electron chi connectivity index (χ1n) is 5.85. The van der Waals surface area contributed by atoms with Crippen molar-refractivity contribution in [3.8, 4) is 5.69 Å². The van der Waals surface area contributed by atoms with Gasteiger partial charge in [0, 0.05) is 0 Å². The predicted molar refractivity (Wildman–Crippen MR) is 71.8 cm³/mol. The molecule has 0 amide bonds. The number of nitrogens with zero attached hydrogens (tertiary/aromatic N) is 2. The number of aromatic amines is 2. The third kappa shape index (κ3) is 1.77. The molecule has 0 saturated carbocycles. The van der Waals surface area contributed by atoms with E-state index in [1.165, 1.54) is 4.57 Å². The van der Waals surface area contributed by atoms with Crippen molar-refractivity contribution in [3.05, 3.63) is 56.5 Å². The summed E-state index contributed by atoms with van der Waals surface area (Å²) in [5.41, 5.74) is 1.49. The molecule has 0 saturated heterocycles. The maximum absolute atomic E-state index is 12.0. The maximum Gasteiger partial charge on any atom is 0.332 e. The summed E-state index contributed by atoms with van der Waals surface area (Å²) in [6, 6.07) is 7.39. The van der Waals surface area contributed by atoms with Crippen molar-refractivity contribution in [3.63, 3.8) is 0 Å². The number of H-pyrrole nitrogens is 2. The van der Waals surface area contributed by atoms with Crippen LogP contribution >= 0.6 is 0 Å². The van der Waals surface area contributed by atoms with Crippen molar-refractivity contribution in [1.29, 1.82) is 0 Å². The van der Waals surface area contributed by atoms with Crippen molar-refractivity contribution in [1.82, 2.24) is 19.5 Å². The Morgan fingerprint density at radius 2 is 1.95 bits per heavy atom. The monoisotopic (exact) mass is 256 g/mol. The molecule has 0 aliphatic heterocycles. The molecule has 0 atom stereocenters. The third-order valence-corrected chi connectivity index (χ3v) is 2.93. The molecule has 0 unspecified atom stereocenters. The van der Waals surface area contributed by atoms with E-state index in [2.05, 4.69) is 15.0 Å². The van der Waals surface area contributed by atoms with E-state index in [1.807, 2.05) is 25.1 Å². The molecule has 1 aromatic carbocycles. The van der Waals surface area contributed by atoms with E-state index in [0.717, 1.165) is 5.56 Å². The Morgan fingerprint density at radius 3 is 2.68 bits per heavy atom. The molecule has 0 spiro atoms. The van der Waals surface area contributed by atoms with Gasteiger partial charge in [-0.25, -0.2) is 9.78 Å². The van der Waals surface area contributed by atoms with E-state index in [0.29, 0.717) is 17.2 Å². The summed E-state index contributed by atoms with van der Waals surface area (Å²) in [6.45, 7) is 3.60. The van der Waals surface area contributed by atoms with Crippen molar-refractivity contribution < 1.29 is 0 Å². The van der Waals surface area contributed by atoms with Gasteiger partial charge in [0.1, 0.15) is 5.82 Å². The first-order valence-corrected chi connectivity index (χ1v) is 5.85. The molecular weight excluding hydrogens is 244 g/mol. The van der Waals surface area contributed by atoms with E-state index in [-0.39, 0.29) is 16.8 Å². The second kappa shape index (κ2) is 3.94. The second-order valence-electron chi connectivity index (χ2n) is 4.45. The van der Waals surface area contributed by atoms with Gasteiger partial charge in [-0.2, -0.15) is 0 Å². The van der Waals surface area contributed by atoms with Gasteiger partial charge in [-0.3, -0.25) is 14.3 Å². The average Bonchev–Trinajstić information content (AvgIpc) is 2.65. The Labute approximate surface area is 107 Å². The van der Waals surface area contributed by atoms with Crippen LogP contribution in [0.2, 0.25) is 0 Å². The van der Waals surface area contributed by atoms with Gasteiger partial charge >= 0.3 is 5.69 Å². The lowest BCUT2D eigenvalue weighted by Crippen LogP contribution is -2.19. The first-order chi connectivity index (χ1) is 9.06. The molecular formula is C13H12N4O2. The lowest BCUT2D eigenvalue weighted by atomic mass is 10.2. The summed E-state index contributed by atoms with van der Waals surface area (Å²) < 4.78 is 1.34. The highest BCUT2D eigenvalue weighted by Crippen LogP contribution is 2.12. The zero-order valence-electron chi connectivity index (χ0n) is 10.5. The Kier molecular flexibility index (Phi) is 2.38. The van der Waals surface area contributed by atoms with Crippen LogP contribution in [-0.2, 0) is 0 Å². The number of hydrogen-bond donors (Lipinski definition) is 2. The minimum atomic E-state index is -0.371. The van der Waals surface area contributed by atoms with Crippen LogP contribution in [0.5, 0.6) is 0 Å². The second-order valence-corrected chi connectivity index (χ2v) is 4.45. The van der Waals surface area contributed by atoms with Crippen LogP contribution in [0.15, 0.2) is 33.9 Å². The molecule has 6 heteroatoms. The fourth-order valence-corrected chi connectivity index (χ4v) is 2.15. The van der Waals surface area contributed by atoms with Crippen LogP contribution in [0.4, 0.5) is 0 Å². The fraction of sp³-hybridized carbons (Fsp3) is 0.154. The molecule has 6 nitrogen and oxygen atoms in total. The highest BCUT2D eigenvalue weighted by Gasteiger charge is 2.13. The first kappa shape index (κ1) is 11.5. The summed E-state index contributed by atoms with van der Waals surface area (Å²) in [4.78, 5) is 33.4. The zero-order chi connectivity index (χ0) is 13.6. The van der Waals surface area contributed by atoms with Crippen LogP contribution in [-0.4, -0.2) is 19.5 Å². The predicted octanol–water partition coefficient (Wildman–Crippen LogP) is 1.02. The largest absolute Gasteiger partial charge is 0.332 e. The van der Waals surface area contributed by atoms with Crippen molar-refractivity contribution >= 4 is 11.2 Å². The van der Waals surface area contributed by atoms with Gasteiger partial charge < -0.3 is 4.98 Å². The zero-order valence-corrected chi connectivity index (χ0v) is 10.5. The van der Waals surface area contributed by atoms with Crippen LogP contribution in [0.1, 0.15) is 11.4 Å². The van der Waals surface area contributed by atoms with E-state index in [9.17, 15) is 9.59 Å².